The third kappa shape index (κ3) is 3.69. The fourth-order valence-corrected chi connectivity index (χ4v) is 2.52. The maximum Gasteiger partial charge on any atom is 0.152 e. The predicted octanol–water partition coefficient (Wildman–Crippen LogP) is 2.48. The first kappa shape index (κ1) is 14.3. The van der Waals surface area contributed by atoms with Crippen LogP contribution in [0.15, 0.2) is 24.4 Å². The molecule has 104 valence electrons. The van der Waals surface area contributed by atoms with Crippen LogP contribution >= 0.6 is 11.6 Å². The molecule has 0 aliphatic rings. The molecule has 0 spiro atoms. The number of fused-ring (bicyclic) bond motifs is 1. The van der Waals surface area contributed by atoms with Crippen LogP contribution in [0.5, 0.6) is 0 Å². The Morgan fingerprint density at radius 2 is 2.21 bits per heavy atom. The van der Waals surface area contributed by atoms with Gasteiger partial charge in [-0.1, -0.05) is 24.6 Å². The first-order chi connectivity index (χ1) is 9.08. The maximum atomic E-state index is 9.33. The van der Waals surface area contributed by atoms with Crippen molar-refractivity contribution in [3.8, 4) is 0 Å². The summed E-state index contributed by atoms with van der Waals surface area (Å²) in [5.41, 5.74) is 1.84. The summed E-state index contributed by atoms with van der Waals surface area (Å²) in [5, 5.41) is 13.2. The lowest BCUT2D eigenvalue weighted by Crippen LogP contribution is -2.23. The lowest BCUT2D eigenvalue weighted by molar-refractivity contribution is 0.163. The molecule has 0 saturated heterocycles. The van der Waals surface area contributed by atoms with Crippen molar-refractivity contribution in [2.24, 2.45) is 5.92 Å². The smallest absolute Gasteiger partial charge is 0.152 e. The molecule has 2 aromatic rings. The maximum absolute atomic E-state index is 9.33. The monoisotopic (exact) mass is 281 g/mol. The molecule has 2 aromatic heterocycles. The van der Waals surface area contributed by atoms with E-state index in [1.807, 2.05) is 35.7 Å². The van der Waals surface area contributed by atoms with Crippen molar-refractivity contribution in [2.45, 2.75) is 32.9 Å². The Morgan fingerprint density at radius 1 is 1.42 bits per heavy atom. The minimum atomic E-state index is -0.254. The molecule has 2 atom stereocenters. The van der Waals surface area contributed by atoms with E-state index < -0.39 is 0 Å². The second kappa shape index (κ2) is 6.37. The van der Waals surface area contributed by atoms with Gasteiger partial charge in [-0.2, -0.15) is 0 Å². The molecule has 0 saturated carbocycles. The van der Waals surface area contributed by atoms with Crippen molar-refractivity contribution >= 4 is 17.2 Å². The third-order valence-corrected chi connectivity index (χ3v) is 3.41. The van der Waals surface area contributed by atoms with Gasteiger partial charge in [-0.15, -0.1) is 0 Å². The summed E-state index contributed by atoms with van der Waals surface area (Å²) in [6.45, 7) is 5.46. The molecule has 0 aliphatic heterocycles. The van der Waals surface area contributed by atoms with Crippen molar-refractivity contribution in [1.29, 1.82) is 0 Å². The molecule has 0 aliphatic carbocycles. The number of hydrogen-bond acceptors (Lipinski definition) is 3. The zero-order chi connectivity index (χ0) is 13.8. The Labute approximate surface area is 118 Å². The molecule has 0 bridgehead atoms. The average Bonchev–Trinajstić information content (AvgIpc) is 2.65. The number of pyridine rings is 1. The molecule has 5 heteroatoms. The molecule has 4 nitrogen and oxygen atoms in total. The fourth-order valence-electron chi connectivity index (χ4n) is 2.28. The van der Waals surface area contributed by atoms with E-state index in [1.54, 1.807) is 0 Å². The largest absolute Gasteiger partial charge is 0.393 e. The summed E-state index contributed by atoms with van der Waals surface area (Å²) < 4.78 is 1.99. The number of hydrogen-bond donors (Lipinski definition) is 2. The van der Waals surface area contributed by atoms with Gasteiger partial charge in [-0.25, -0.2) is 4.98 Å². The Kier molecular flexibility index (Phi) is 4.80. The summed E-state index contributed by atoms with van der Waals surface area (Å²) in [5.74, 6) is 0.429. The highest BCUT2D eigenvalue weighted by molar-refractivity contribution is 6.30. The van der Waals surface area contributed by atoms with E-state index in [0.717, 1.165) is 24.3 Å². The van der Waals surface area contributed by atoms with Gasteiger partial charge in [0.2, 0.25) is 0 Å². The molecular formula is C14H20ClN3O. The van der Waals surface area contributed by atoms with Gasteiger partial charge in [0.15, 0.2) is 5.15 Å². The number of nitrogens with one attached hydrogen (secondary N) is 1. The van der Waals surface area contributed by atoms with Gasteiger partial charge in [0.1, 0.15) is 5.65 Å². The van der Waals surface area contributed by atoms with Crippen LogP contribution in [0.4, 0.5) is 0 Å². The predicted molar refractivity (Wildman–Crippen MR) is 77.4 cm³/mol. The number of rotatable bonds is 6. The van der Waals surface area contributed by atoms with Gasteiger partial charge in [-0.05, 0) is 37.9 Å². The highest BCUT2D eigenvalue weighted by Gasteiger charge is 2.10. The lowest BCUT2D eigenvalue weighted by atomic mass is 10.0. The summed E-state index contributed by atoms with van der Waals surface area (Å²) in [6.07, 6.45) is 2.51. The molecule has 2 unspecified atom stereocenters. The standard InChI is InChI=1S/C14H20ClN3O/c1-10(7-11(2)19)8-16-9-12-14(15)17-13-5-3-4-6-18(12)13/h3-6,10-11,16,19H,7-9H2,1-2H3. The van der Waals surface area contributed by atoms with E-state index in [1.165, 1.54) is 0 Å². The van der Waals surface area contributed by atoms with Gasteiger partial charge in [-0.3, -0.25) is 0 Å². The van der Waals surface area contributed by atoms with Crippen LogP contribution in [0.1, 0.15) is 26.0 Å². The number of aliphatic hydroxyl groups is 1. The summed E-state index contributed by atoms with van der Waals surface area (Å²) >= 11 is 6.16. The van der Waals surface area contributed by atoms with Crippen molar-refractivity contribution in [3.05, 3.63) is 35.2 Å². The lowest BCUT2D eigenvalue weighted by Gasteiger charge is -2.14. The van der Waals surface area contributed by atoms with Gasteiger partial charge in [0, 0.05) is 12.7 Å². The summed E-state index contributed by atoms with van der Waals surface area (Å²) in [6, 6.07) is 5.84. The molecule has 0 radical (unpaired) electrons. The zero-order valence-corrected chi connectivity index (χ0v) is 12.1. The van der Waals surface area contributed by atoms with E-state index in [2.05, 4.69) is 17.2 Å². The Morgan fingerprint density at radius 3 is 2.95 bits per heavy atom. The van der Waals surface area contributed by atoms with Crippen molar-refractivity contribution in [3.63, 3.8) is 0 Å². The van der Waals surface area contributed by atoms with Crippen LogP contribution in [-0.4, -0.2) is 27.1 Å². The van der Waals surface area contributed by atoms with Crippen LogP contribution in [0.25, 0.3) is 5.65 Å². The minimum Gasteiger partial charge on any atom is -0.393 e. The van der Waals surface area contributed by atoms with Gasteiger partial charge in [0.25, 0.3) is 0 Å². The van der Waals surface area contributed by atoms with E-state index in [0.29, 0.717) is 17.6 Å². The second-order valence-electron chi connectivity index (χ2n) is 5.10. The van der Waals surface area contributed by atoms with Crippen LogP contribution in [0, 0.1) is 5.92 Å². The summed E-state index contributed by atoms with van der Waals surface area (Å²) in [4.78, 5) is 4.31. The Bertz CT molecular complexity index is 538. The Balaban J connectivity index is 1.96. The molecule has 19 heavy (non-hydrogen) atoms. The highest BCUT2D eigenvalue weighted by Crippen LogP contribution is 2.17. The molecule has 0 aromatic carbocycles. The number of aromatic nitrogens is 2. The number of imidazole rings is 1. The van der Waals surface area contributed by atoms with Gasteiger partial charge in [0.05, 0.1) is 11.8 Å². The van der Waals surface area contributed by atoms with Crippen LogP contribution in [0.3, 0.4) is 0 Å². The zero-order valence-electron chi connectivity index (χ0n) is 11.3. The molecular weight excluding hydrogens is 262 g/mol. The first-order valence-electron chi connectivity index (χ1n) is 6.58. The van der Waals surface area contributed by atoms with Crippen LogP contribution in [0.2, 0.25) is 5.15 Å². The fraction of sp³-hybridized carbons (Fsp3) is 0.500. The second-order valence-corrected chi connectivity index (χ2v) is 5.46. The normalized spacial score (nSPS) is 14.7. The highest BCUT2D eigenvalue weighted by atomic mass is 35.5. The van der Waals surface area contributed by atoms with E-state index in [4.69, 9.17) is 11.6 Å². The van der Waals surface area contributed by atoms with E-state index in [9.17, 15) is 5.11 Å². The van der Waals surface area contributed by atoms with Crippen molar-refractivity contribution in [2.75, 3.05) is 6.54 Å². The molecule has 0 fully saturated rings. The van der Waals surface area contributed by atoms with E-state index >= 15 is 0 Å². The SMILES string of the molecule is CC(O)CC(C)CNCc1c(Cl)nc2ccccn12. The minimum absolute atomic E-state index is 0.254. The molecule has 2 rings (SSSR count). The quantitative estimate of drug-likeness (QED) is 0.855. The molecule has 0 amide bonds. The van der Waals surface area contributed by atoms with Gasteiger partial charge < -0.3 is 14.8 Å². The third-order valence-electron chi connectivity index (χ3n) is 3.11. The van der Waals surface area contributed by atoms with Crippen LogP contribution in [-0.2, 0) is 6.54 Å². The average molecular weight is 282 g/mol. The van der Waals surface area contributed by atoms with E-state index in [-0.39, 0.29) is 6.10 Å². The number of aliphatic hydroxyl groups excluding tert-OH is 1. The number of halogens is 1. The number of nitrogens with zero attached hydrogens (tertiary/aromatic N) is 2. The molecule has 2 heterocycles. The topological polar surface area (TPSA) is 49.6 Å². The van der Waals surface area contributed by atoms with Crippen LogP contribution < -0.4 is 5.32 Å². The molecule has 2 N–H and O–H groups in total. The first-order valence-corrected chi connectivity index (χ1v) is 6.96. The van der Waals surface area contributed by atoms with Gasteiger partial charge >= 0.3 is 0 Å². The van der Waals surface area contributed by atoms with Crippen molar-refractivity contribution in [1.82, 2.24) is 14.7 Å². The Hall–Kier alpha value is -1.10. The van der Waals surface area contributed by atoms with Crippen molar-refractivity contribution < 1.29 is 5.11 Å². The summed E-state index contributed by atoms with van der Waals surface area (Å²) in [7, 11) is 0.